The minimum atomic E-state index is -1.01. The van der Waals surface area contributed by atoms with Gasteiger partial charge in [0.1, 0.15) is 0 Å². The van der Waals surface area contributed by atoms with Crippen molar-refractivity contribution in [2.75, 3.05) is 17.7 Å². The van der Waals surface area contributed by atoms with Gasteiger partial charge >= 0.3 is 0 Å². The molecule has 0 aromatic heterocycles. The van der Waals surface area contributed by atoms with Crippen LogP contribution in [0.3, 0.4) is 0 Å². The van der Waals surface area contributed by atoms with E-state index in [1.807, 2.05) is 24.3 Å². The molecule has 1 aliphatic heterocycles. The number of halogens is 1. The first-order chi connectivity index (χ1) is 13.2. The van der Waals surface area contributed by atoms with Crippen LogP contribution in [0.4, 0.5) is 11.4 Å². The van der Waals surface area contributed by atoms with Crippen LogP contribution in [0, 0.1) is 0 Å². The van der Waals surface area contributed by atoms with E-state index in [1.165, 1.54) is 6.92 Å². The molecule has 1 aliphatic rings. The highest BCUT2D eigenvalue weighted by atomic mass is 79.9. The van der Waals surface area contributed by atoms with Gasteiger partial charge in [-0.1, -0.05) is 34.1 Å². The predicted octanol–water partition coefficient (Wildman–Crippen LogP) is 3.78. The Hall–Kier alpha value is -2.71. The van der Waals surface area contributed by atoms with Crippen molar-refractivity contribution in [3.8, 4) is 0 Å². The lowest BCUT2D eigenvalue weighted by Gasteiger charge is -2.21. The van der Waals surface area contributed by atoms with Crippen molar-refractivity contribution in [1.29, 1.82) is 0 Å². The maximum absolute atomic E-state index is 12.5. The van der Waals surface area contributed by atoms with Crippen LogP contribution in [0.1, 0.15) is 25.8 Å². The van der Waals surface area contributed by atoms with Crippen molar-refractivity contribution >= 4 is 45.0 Å². The zero-order chi connectivity index (χ0) is 20.3. The number of amides is 2. The summed E-state index contributed by atoms with van der Waals surface area (Å²) in [5, 5.41) is 7.08. The molecule has 0 aliphatic carbocycles. The topological polar surface area (TPSA) is 83.0 Å². The molecule has 0 fully saturated rings. The lowest BCUT2D eigenvalue weighted by molar-refractivity contribution is -0.164. The molecule has 0 saturated heterocycles. The number of anilines is 2. The van der Waals surface area contributed by atoms with Gasteiger partial charge in [-0.3, -0.25) is 9.59 Å². The van der Waals surface area contributed by atoms with Gasteiger partial charge in [-0.25, -0.2) is 14.9 Å². The van der Waals surface area contributed by atoms with Crippen molar-refractivity contribution in [1.82, 2.24) is 5.06 Å². The second-order valence-corrected chi connectivity index (χ2v) is 7.61. The lowest BCUT2D eigenvalue weighted by atomic mass is 10.1. The molecule has 2 aromatic carbocycles. The van der Waals surface area contributed by atoms with Gasteiger partial charge in [0.05, 0.1) is 6.42 Å². The molecule has 1 unspecified atom stereocenters. The van der Waals surface area contributed by atoms with Gasteiger partial charge in [-0.05, 0) is 37.3 Å². The summed E-state index contributed by atoms with van der Waals surface area (Å²) < 4.78 is 0.937. The molecule has 0 saturated carbocycles. The van der Waals surface area contributed by atoms with Crippen LogP contribution in [0.5, 0.6) is 0 Å². The quantitative estimate of drug-likeness (QED) is 0.734. The van der Waals surface area contributed by atoms with E-state index in [4.69, 9.17) is 4.84 Å². The number of carbonyl (C=O) groups excluding carboxylic acids is 2. The number of amidine groups is 1. The fourth-order valence-electron chi connectivity index (χ4n) is 2.98. The van der Waals surface area contributed by atoms with Crippen LogP contribution in [0.2, 0.25) is 0 Å². The van der Waals surface area contributed by atoms with E-state index in [2.05, 4.69) is 31.6 Å². The largest absolute Gasteiger partial charge is 0.326 e. The fourth-order valence-corrected chi connectivity index (χ4v) is 3.38. The summed E-state index contributed by atoms with van der Waals surface area (Å²) in [6.45, 7) is 3.20. The Morgan fingerprint density at radius 1 is 1.14 bits per heavy atom. The summed E-state index contributed by atoms with van der Waals surface area (Å²) >= 11 is 3.45. The van der Waals surface area contributed by atoms with Crippen LogP contribution in [0.15, 0.2) is 58.0 Å². The molecule has 2 aromatic rings. The normalized spacial score (nSPS) is 18.6. The third-order valence-corrected chi connectivity index (χ3v) is 4.51. The van der Waals surface area contributed by atoms with E-state index in [1.54, 1.807) is 43.3 Å². The summed E-state index contributed by atoms with van der Waals surface area (Å²) in [6.07, 6.45) is 0.0409. The van der Waals surface area contributed by atoms with Crippen LogP contribution in [0.25, 0.3) is 0 Å². The molecule has 0 bridgehead atoms. The Balaban J connectivity index is 1.71. The molecule has 28 heavy (non-hydrogen) atoms. The summed E-state index contributed by atoms with van der Waals surface area (Å²) in [7, 11) is 1.76. The van der Waals surface area contributed by atoms with Gasteiger partial charge < -0.3 is 10.6 Å². The lowest BCUT2D eigenvalue weighted by Crippen LogP contribution is -2.32. The van der Waals surface area contributed by atoms with Crippen molar-refractivity contribution < 1.29 is 14.4 Å². The maximum Gasteiger partial charge on any atom is 0.229 e. The first-order valence-corrected chi connectivity index (χ1v) is 9.49. The van der Waals surface area contributed by atoms with Gasteiger partial charge in [0.15, 0.2) is 11.6 Å². The molecule has 1 heterocycles. The summed E-state index contributed by atoms with van der Waals surface area (Å²) in [5.74, 6) is 0.243. The minimum Gasteiger partial charge on any atom is -0.326 e. The molecule has 1 atom stereocenters. The van der Waals surface area contributed by atoms with Gasteiger partial charge in [-0.2, -0.15) is 0 Å². The number of nitrogens with zero attached hydrogens (tertiary/aromatic N) is 2. The monoisotopic (exact) mass is 444 g/mol. The average molecular weight is 445 g/mol. The van der Waals surface area contributed by atoms with Gasteiger partial charge in [0.2, 0.25) is 11.8 Å². The molecule has 0 spiro atoms. The second-order valence-electron chi connectivity index (χ2n) is 6.70. The summed E-state index contributed by atoms with van der Waals surface area (Å²) in [4.78, 5) is 34.2. The second kappa shape index (κ2) is 8.12. The van der Waals surface area contributed by atoms with Crippen LogP contribution < -0.4 is 10.6 Å². The number of carbonyl (C=O) groups is 2. The maximum atomic E-state index is 12.5. The number of hydroxylamine groups is 2. The number of benzene rings is 2. The predicted molar refractivity (Wildman–Crippen MR) is 112 cm³/mol. The number of hydrogen-bond acceptors (Lipinski definition) is 5. The Kier molecular flexibility index (Phi) is 5.81. The van der Waals surface area contributed by atoms with E-state index in [0.29, 0.717) is 17.2 Å². The fraction of sp³-hybridized carbons (Fsp3) is 0.250. The first-order valence-electron chi connectivity index (χ1n) is 8.70. The number of hydrogen-bond donors (Lipinski definition) is 2. The summed E-state index contributed by atoms with van der Waals surface area (Å²) in [6, 6.07) is 14.7. The van der Waals surface area contributed by atoms with Crippen LogP contribution >= 0.6 is 15.9 Å². The molecule has 0 radical (unpaired) electrons. The number of nitrogens with one attached hydrogen (secondary N) is 2. The van der Waals surface area contributed by atoms with Crippen LogP contribution in [-0.2, 0) is 14.4 Å². The molecular formula is C20H21BrN4O3. The van der Waals surface area contributed by atoms with Gasteiger partial charge in [0.25, 0.3) is 0 Å². The smallest absolute Gasteiger partial charge is 0.229 e. The molecule has 146 valence electrons. The third-order valence-electron chi connectivity index (χ3n) is 4.01. The molecule has 8 heteroatoms. The highest BCUT2D eigenvalue weighted by Crippen LogP contribution is 2.29. The van der Waals surface area contributed by atoms with E-state index in [-0.39, 0.29) is 18.2 Å². The van der Waals surface area contributed by atoms with Crippen molar-refractivity contribution in [2.45, 2.75) is 26.0 Å². The van der Waals surface area contributed by atoms with E-state index >= 15 is 0 Å². The van der Waals surface area contributed by atoms with Crippen LogP contribution in [-0.4, -0.2) is 35.5 Å². The zero-order valence-electron chi connectivity index (χ0n) is 15.8. The average Bonchev–Trinajstić information content (AvgIpc) is 2.88. The standard InChI is InChI=1S/C20H21BrN4O3/c1-13(26)22-16-8-5-9-17(11-16)23-18(27)12-20(2)24-19(25(3)28-20)14-6-4-7-15(21)10-14/h4-11H,12H2,1-3H3,(H,22,26)(H,23,27). The number of aliphatic imine (C=N–C) groups is 1. The molecule has 2 N–H and O–H groups in total. The Morgan fingerprint density at radius 2 is 1.82 bits per heavy atom. The third kappa shape index (κ3) is 4.96. The molecular weight excluding hydrogens is 424 g/mol. The van der Waals surface area contributed by atoms with Gasteiger partial charge in [-0.15, -0.1) is 0 Å². The Labute approximate surface area is 171 Å². The van der Waals surface area contributed by atoms with E-state index in [0.717, 1.165) is 10.0 Å². The molecule has 7 nitrogen and oxygen atoms in total. The number of rotatable bonds is 5. The molecule has 2 amide bonds. The summed E-state index contributed by atoms with van der Waals surface area (Å²) in [5.41, 5.74) is 1.08. The van der Waals surface area contributed by atoms with Crippen molar-refractivity contribution in [3.05, 3.63) is 58.6 Å². The highest BCUT2D eigenvalue weighted by molar-refractivity contribution is 9.10. The SMILES string of the molecule is CC(=O)Nc1cccc(NC(=O)CC2(C)N=C(c3cccc(Br)c3)N(C)O2)c1. The Bertz CT molecular complexity index is 947. The zero-order valence-corrected chi connectivity index (χ0v) is 17.4. The first kappa shape index (κ1) is 20.0. The van der Waals surface area contributed by atoms with E-state index < -0.39 is 5.72 Å². The van der Waals surface area contributed by atoms with Gasteiger partial charge in [0, 0.05) is 35.4 Å². The van der Waals surface area contributed by atoms with Crippen molar-refractivity contribution in [2.24, 2.45) is 4.99 Å². The van der Waals surface area contributed by atoms with Crippen molar-refractivity contribution in [3.63, 3.8) is 0 Å². The molecule has 3 rings (SSSR count). The Morgan fingerprint density at radius 3 is 2.50 bits per heavy atom. The minimum absolute atomic E-state index is 0.0409. The highest BCUT2D eigenvalue weighted by Gasteiger charge is 2.37. The van der Waals surface area contributed by atoms with E-state index in [9.17, 15) is 9.59 Å².